The zero-order chi connectivity index (χ0) is 13.1. The third-order valence-electron chi connectivity index (χ3n) is 3.15. The summed E-state index contributed by atoms with van der Waals surface area (Å²) in [5.41, 5.74) is 2.84. The lowest BCUT2D eigenvalue weighted by Gasteiger charge is -2.32. The lowest BCUT2D eigenvalue weighted by atomic mass is 10.0. The van der Waals surface area contributed by atoms with Crippen LogP contribution >= 0.6 is 0 Å². The SMILES string of the molecule is CCCCCCC1(C)NC(=O)N(C(C)(C)C)N1. The minimum Gasteiger partial charge on any atom is -0.317 e. The number of nitrogens with zero attached hydrogens (tertiary/aromatic N) is 1. The van der Waals surface area contributed by atoms with E-state index in [4.69, 9.17) is 0 Å². The minimum atomic E-state index is -0.280. The molecule has 1 aliphatic rings. The number of hydrazine groups is 1. The predicted octanol–water partition coefficient (Wildman–Crippen LogP) is 3.00. The molecule has 0 saturated carbocycles. The van der Waals surface area contributed by atoms with E-state index in [0.717, 1.165) is 12.8 Å². The van der Waals surface area contributed by atoms with Crippen molar-refractivity contribution in [3.8, 4) is 0 Å². The van der Waals surface area contributed by atoms with Crippen LogP contribution in [0.4, 0.5) is 4.79 Å². The van der Waals surface area contributed by atoms with Gasteiger partial charge in [0.1, 0.15) is 5.66 Å². The van der Waals surface area contributed by atoms with Crippen LogP contribution in [0, 0.1) is 0 Å². The molecule has 1 atom stereocenters. The average Bonchev–Trinajstić information content (AvgIpc) is 2.49. The van der Waals surface area contributed by atoms with Gasteiger partial charge in [0.25, 0.3) is 0 Å². The van der Waals surface area contributed by atoms with Gasteiger partial charge in [-0.3, -0.25) is 5.01 Å². The van der Waals surface area contributed by atoms with Crippen LogP contribution in [0.2, 0.25) is 0 Å². The molecular weight excluding hydrogens is 214 g/mol. The van der Waals surface area contributed by atoms with Crippen LogP contribution in [0.25, 0.3) is 0 Å². The Morgan fingerprint density at radius 1 is 1.24 bits per heavy atom. The van der Waals surface area contributed by atoms with E-state index in [-0.39, 0.29) is 17.2 Å². The Labute approximate surface area is 105 Å². The van der Waals surface area contributed by atoms with Gasteiger partial charge in [-0.2, -0.15) is 0 Å². The Kier molecular flexibility index (Phi) is 4.42. The summed E-state index contributed by atoms with van der Waals surface area (Å²) in [6.45, 7) is 10.4. The fraction of sp³-hybridized carbons (Fsp3) is 0.923. The second kappa shape index (κ2) is 5.25. The van der Waals surface area contributed by atoms with Crippen molar-refractivity contribution in [3.63, 3.8) is 0 Å². The van der Waals surface area contributed by atoms with Gasteiger partial charge < -0.3 is 5.32 Å². The number of unbranched alkanes of at least 4 members (excludes halogenated alkanes) is 3. The number of carbonyl (C=O) groups excluding carboxylic acids is 1. The third kappa shape index (κ3) is 3.87. The van der Waals surface area contributed by atoms with Crippen molar-refractivity contribution >= 4 is 6.03 Å². The molecule has 2 amide bonds. The van der Waals surface area contributed by atoms with Crippen LogP contribution in [-0.4, -0.2) is 22.2 Å². The van der Waals surface area contributed by atoms with Crippen molar-refractivity contribution in [1.82, 2.24) is 15.8 Å². The molecule has 0 bridgehead atoms. The van der Waals surface area contributed by atoms with Crippen molar-refractivity contribution in [2.45, 2.75) is 77.9 Å². The van der Waals surface area contributed by atoms with E-state index < -0.39 is 0 Å². The van der Waals surface area contributed by atoms with E-state index in [1.807, 2.05) is 20.8 Å². The molecule has 4 nitrogen and oxygen atoms in total. The summed E-state index contributed by atoms with van der Waals surface area (Å²) in [5, 5.41) is 4.74. The molecule has 4 heteroatoms. The quantitative estimate of drug-likeness (QED) is 0.727. The van der Waals surface area contributed by atoms with Gasteiger partial charge in [-0.05, 0) is 40.5 Å². The molecular formula is C13H27N3O. The zero-order valence-electron chi connectivity index (χ0n) is 11.9. The Bertz CT molecular complexity index is 272. The van der Waals surface area contributed by atoms with Gasteiger partial charge >= 0.3 is 6.03 Å². The second-order valence-corrected chi connectivity index (χ2v) is 6.19. The van der Waals surface area contributed by atoms with Gasteiger partial charge in [-0.15, -0.1) is 0 Å². The molecule has 1 saturated heterocycles. The summed E-state index contributed by atoms with van der Waals surface area (Å²) in [7, 11) is 0. The monoisotopic (exact) mass is 241 g/mol. The lowest BCUT2D eigenvalue weighted by Crippen LogP contribution is -2.53. The van der Waals surface area contributed by atoms with E-state index >= 15 is 0 Å². The summed E-state index contributed by atoms with van der Waals surface area (Å²) in [6, 6.07) is -0.0181. The maximum Gasteiger partial charge on any atom is 0.333 e. The van der Waals surface area contributed by atoms with E-state index in [0.29, 0.717) is 0 Å². The highest BCUT2D eigenvalue weighted by Crippen LogP contribution is 2.23. The van der Waals surface area contributed by atoms with Gasteiger partial charge in [0.15, 0.2) is 0 Å². The Morgan fingerprint density at radius 3 is 2.35 bits per heavy atom. The molecule has 0 radical (unpaired) electrons. The number of amides is 2. The largest absolute Gasteiger partial charge is 0.333 e. The van der Waals surface area contributed by atoms with Gasteiger partial charge in [-0.1, -0.05) is 26.2 Å². The first kappa shape index (κ1) is 14.3. The van der Waals surface area contributed by atoms with Gasteiger partial charge in [0.2, 0.25) is 0 Å². The fourth-order valence-corrected chi connectivity index (χ4v) is 2.11. The Morgan fingerprint density at radius 2 is 1.88 bits per heavy atom. The number of urea groups is 1. The molecule has 17 heavy (non-hydrogen) atoms. The Balaban J connectivity index is 2.48. The van der Waals surface area contributed by atoms with Gasteiger partial charge in [0, 0.05) is 0 Å². The van der Waals surface area contributed by atoms with Gasteiger partial charge in [0.05, 0.1) is 5.54 Å². The van der Waals surface area contributed by atoms with Crippen molar-refractivity contribution in [2.75, 3.05) is 0 Å². The first-order chi connectivity index (χ1) is 7.78. The maximum absolute atomic E-state index is 11.9. The number of nitrogens with one attached hydrogen (secondary N) is 2. The Hall–Kier alpha value is -0.770. The predicted molar refractivity (Wildman–Crippen MR) is 70.4 cm³/mol. The first-order valence-corrected chi connectivity index (χ1v) is 6.69. The molecule has 100 valence electrons. The van der Waals surface area contributed by atoms with Crippen LogP contribution < -0.4 is 10.7 Å². The summed E-state index contributed by atoms with van der Waals surface area (Å²) >= 11 is 0. The minimum absolute atomic E-state index is 0.0181. The van der Waals surface area contributed by atoms with E-state index in [1.165, 1.54) is 19.3 Å². The number of carbonyl (C=O) groups is 1. The zero-order valence-corrected chi connectivity index (χ0v) is 11.9. The highest BCUT2D eigenvalue weighted by atomic mass is 16.2. The molecule has 0 aromatic rings. The smallest absolute Gasteiger partial charge is 0.317 e. The molecule has 2 N–H and O–H groups in total. The van der Waals surface area contributed by atoms with Crippen molar-refractivity contribution in [3.05, 3.63) is 0 Å². The summed E-state index contributed by atoms with van der Waals surface area (Å²) in [6.07, 6.45) is 5.87. The van der Waals surface area contributed by atoms with Crippen LogP contribution in [0.5, 0.6) is 0 Å². The van der Waals surface area contributed by atoms with E-state index in [1.54, 1.807) is 5.01 Å². The van der Waals surface area contributed by atoms with E-state index in [2.05, 4.69) is 24.6 Å². The summed E-state index contributed by atoms with van der Waals surface area (Å²) in [5.74, 6) is 0. The highest BCUT2D eigenvalue weighted by Gasteiger charge is 2.42. The third-order valence-corrected chi connectivity index (χ3v) is 3.15. The molecule has 1 heterocycles. The molecule has 0 aromatic heterocycles. The summed E-state index contributed by atoms with van der Waals surface area (Å²) < 4.78 is 0. The second-order valence-electron chi connectivity index (χ2n) is 6.19. The normalized spacial score (nSPS) is 25.2. The number of hydrogen-bond acceptors (Lipinski definition) is 2. The maximum atomic E-state index is 11.9. The van der Waals surface area contributed by atoms with Crippen LogP contribution in [0.15, 0.2) is 0 Å². The molecule has 0 aromatic carbocycles. The molecule has 1 aliphatic heterocycles. The van der Waals surface area contributed by atoms with Crippen LogP contribution in [-0.2, 0) is 0 Å². The standard InChI is InChI=1S/C13H27N3O/c1-6-7-8-9-10-13(5)14-11(17)16(15-13)12(2,3)4/h15H,6-10H2,1-5H3,(H,14,17). The van der Waals surface area contributed by atoms with Crippen molar-refractivity contribution in [1.29, 1.82) is 0 Å². The van der Waals surface area contributed by atoms with E-state index in [9.17, 15) is 4.79 Å². The number of rotatable bonds is 5. The molecule has 1 fully saturated rings. The highest BCUT2D eigenvalue weighted by molar-refractivity contribution is 5.77. The van der Waals surface area contributed by atoms with Gasteiger partial charge in [-0.25, -0.2) is 10.2 Å². The topological polar surface area (TPSA) is 44.4 Å². The molecule has 1 unspecified atom stereocenters. The van der Waals surface area contributed by atoms with Crippen LogP contribution in [0.1, 0.15) is 66.7 Å². The molecule has 0 aliphatic carbocycles. The molecule has 1 rings (SSSR count). The lowest BCUT2D eigenvalue weighted by molar-refractivity contribution is 0.106. The fourth-order valence-electron chi connectivity index (χ4n) is 2.11. The number of hydrogen-bond donors (Lipinski definition) is 2. The summed E-state index contributed by atoms with van der Waals surface area (Å²) in [4.78, 5) is 11.9. The van der Waals surface area contributed by atoms with Crippen molar-refractivity contribution in [2.24, 2.45) is 0 Å². The average molecular weight is 241 g/mol. The van der Waals surface area contributed by atoms with Crippen LogP contribution in [0.3, 0.4) is 0 Å². The molecule has 0 spiro atoms. The van der Waals surface area contributed by atoms with Crippen molar-refractivity contribution < 1.29 is 4.79 Å². The first-order valence-electron chi connectivity index (χ1n) is 6.69.